The Labute approximate surface area is 165 Å². The van der Waals surface area contributed by atoms with Gasteiger partial charge in [0, 0.05) is 4.47 Å². The van der Waals surface area contributed by atoms with E-state index in [1.165, 1.54) is 19.2 Å². The van der Waals surface area contributed by atoms with Crippen LogP contribution in [0.15, 0.2) is 40.9 Å². The maximum Gasteiger partial charge on any atom is 0.488 e. The van der Waals surface area contributed by atoms with Crippen molar-refractivity contribution in [1.82, 2.24) is 0 Å². The zero-order valence-corrected chi connectivity index (χ0v) is 16.0. The number of rotatable bonds is 3. The van der Waals surface area contributed by atoms with E-state index in [1.807, 2.05) is 0 Å². The van der Waals surface area contributed by atoms with Gasteiger partial charge in [0.1, 0.15) is 11.5 Å². The number of halogens is 7. The number of methoxy groups -OCH3 is 2. The van der Waals surface area contributed by atoms with Crippen molar-refractivity contribution in [3.05, 3.63) is 52.0 Å². The first-order valence-corrected chi connectivity index (χ1v) is 8.12. The SMILES string of the molecule is COc1ccc(B(O)O)cc1C(F)(F)F.COc1ccc(Br)cc1C(F)(F)F. The maximum absolute atomic E-state index is 12.4. The number of hydrogen-bond acceptors (Lipinski definition) is 4. The highest BCUT2D eigenvalue weighted by molar-refractivity contribution is 9.10. The molecule has 2 aromatic rings. The Kier molecular flexibility index (Phi) is 8.21. The molecule has 28 heavy (non-hydrogen) atoms. The first kappa shape index (κ1) is 24.1. The maximum atomic E-state index is 12.4. The number of ether oxygens (including phenoxy) is 2. The molecule has 154 valence electrons. The van der Waals surface area contributed by atoms with Crippen LogP contribution in [0.25, 0.3) is 0 Å². The van der Waals surface area contributed by atoms with E-state index in [0.717, 1.165) is 25.3 Å². The van der Waals surface area contributed by atoms with E-state index in [9.17, 15) is 26.3 Å². The Morgan fingerprint density at radius 3 is 1.61 bits per heavy atom. The van der Waals surface area contributed by atoms with Crippen molar-refractivity contribution < 1.29 is 45.9 Å². The fourth-order valence-corrected chi connectivity index (χ4v) is 2.37. The van der Waals surface area contributed by atoms with Crippen LogP contribution in [-0.4, -0.2) is 31.4 Å². The standard InChI is InChI=1S/C8H8BF3O3.C8H6BrF3O/c1-15-7-3-2-5(9(13)14)4-6(7)8(10,11)12;1-13-7-3-2-5(9)4-6(7)8(10,11)12/h2-4,13-14H,1H3;2-4H,1H3. The van der Waals surface area contributed by atoms with E-state index < -0.39 is 30.6 Å². The molecule has 12 heteroatoms. The van der Waals surface area contributed by atoms with Gasteiger partial charge in [-0.15, -0.1) is 0 Å². The van der Waals surface area contributed by atoms with Gasteiger partial charge in [0.15, 0.2) is 0 Å². The molecule has 4 nitrogen and oxygen atoms in total. The summed E-state index contributed by atoms with van der Waals surface area (Å²) in [4.78, 5) is 0. The van der Waals surface area contributed by atoms with Crippen LogP contribution in [0.1, 0.15) is 11.1 Å². The zero-order valence-electron chi connectivity index (χ0n) is 14.4. The van der Waals surface area contributed by atoms with Crippen molar-refractivity contribution in [2.24, 2.45) is 0 Å². The molecule has 0 radical (unpaired) electrons. The third-order valence-electron chi connectivity index (χ3n) is 3.29. The van der Waals surface area contributed by atoms with E-state index in [1.54, 1.807) is 0 Å². The summed E-state index contributed by atoms with van der Waals surface area (Å²) in [5.74, 6) is -0.525. The van der Waals surface area contributed by atoms with Gasteiger partial charge in [-0.2, -0.15) is 26.3 Å². The van der Waals surface area contributed by atoms with Crippen LogP contribution in [0.4, 0.5) is 26.3 Å². The third kappa shape index (κ3) is 6.60. The second-order valence-corrected chi connectivity index (χ2v) is 6.09. The predicted molar refractivity (Wildman–Crippen MR) is 93.5 cm³/mol. The second-order valence-electron chi connectivity index (χ2n) is 5.17. The van der Waals surface area contributed by atoms with E-state index in [-0.39, 0.29) is 17.0 Å². The molecule has 0 spiro atoms. The van der Waals surface area contributed by atoms with Crippen LogP contribution >= 0.6 is 15.9 Å². The molecule has 0 aliphatic carbocycles. The topological polar surface area (TPSA) is 58.9 Å². The van der Waals surface area contributed by atoms with Gasteiger partial charge in [0.05, 0.1) is 25.3 Å². The summed E-state index contributed by atoms with van der Waals surface area (Å²) < 4.78 is 83.7. The largest absolute Gasteiger partial charge is 0.496 e. The van der Waals surface area contributed by atoms with Gasteiger partial charge in [0.2, 0.25) is 0 Å². The van der Waals surface area contributed by atoms with Gasteiger partial charge in [-0.25, -0.2) is 0 Å². The molecule has 2 aromatic carbocycles. The first-order valence-electron chi connectivity index (χ1n) is 7.33. The van der Waals surface area contributed by atoms with Gasteiger partial charge in [-0.05, 0) is 35.8 Å². The summed E-state index contributed by atoms with van der Waals surface area (Å²) in [6.45, 7) is 0. The Hall–Kier alpha value is -1.92. The quantitative estimate of drug-likeness (QED) is 0.523. The normalized spacial score (nSPS) is 11.4. The molecule has 0 heterocycles. The molecule has 0 aromatic heterocycles. The molecule has 2 N–H and O–H groups in total. The molecule has 0 saturated carbocycles. The monoisotopic (exact) mass is 474 g/mol. The van der Waals surface area contributed by atoms with Gasteiger partial charge in [-0.1, -0.05) is 22.0 Å². The summed E-state index contributed by atoms with van der Waals surface area (Å²) in [7, 11) is 0.384. The van der Waals surface area contributed by atoms with Crippen molar-refractivity contribution in [3.63, 3.8) is 0 Å². The molecule has 0 atom stereocenters. The minimum atomic E-state index is -4.59. The predicted octanol–water partition coefficient (Wildman–Crippen LogP) is 3.87. The van der Waals surface area contributed by atoms with Crippen molar-refractivity contribution >= 4 is 28.5 Å². The van der Waals surface area contributed by atoms with Crippen molar-refractivity contribution in [2.45, 2.75) is 12.4 Å². The number of hydrogen-bond donors (Lipinski definition) is 2. The summed E-state index contributed by atoms with van der Waals surface area (Å²) in [6, 6.07) is 6.58. The van der Waals surface area contributed by atoms with Gasteiger partial charge in [0.25, 0.3) is 0 Å². The lowest BCUT2D eigenvalue weighted by atomic mass is 9.79. The van der Waals surface area contributed by atoms with Crippen LogP contribution in [-0.2, 0) is 12.4 Å². The molecular formula is C16H14BBrF6O4. The molecule has 2 rings (SSSR count). The lowest BCUT2D eigenvalue weighted by Gasteiger charge is -2.13. The average molecular weight is 475 g/mol. The molecule has 0 fully saturated rings. The minimum absolute atomic E-state index is 0.171. The Bertz CT molecular complexity index is 796. The van der Waals surface area contributed by atoms with Crippen LogP contribution in [0.3, 0.4) is 0 Å². The van der Waals surface area contributed by atoms with Crippen LogP contribution in [0, 0.1) is 0 Å². The Balaban J connectivity index is 0.000000283. The fourth-order valence-electron chi connectivity index (χ4n) is 2.01. The van der Waals surface area contributed by atoms with Gasteiger partial charge < -0.3 is 19.5 Å². The van der Waals surface area contributed by atoms with E-state index >= 15 is 0 Å². The summed E-state index contributed by atoms with van der Waals surface area (Å²) in [5, 5.41) is 17.4. The molecule has 0 unspecified atom stereocenters. The lowest BCUT2D eigenvalue weighted by molar-refractivity contribution is -0.139. The Morgan fingerprint density at radius 1 is 0.786 bits per heavy atom. The highest BCUT2D eigenvalue weighted by Crippen LogP contribution is 2.37. The molecule has 0 saturated heterocycles. The molecule has 0 aliphatic rings. The number of alkyl halides is 6. The number of benzene rings is 2. The minimum Gasteiger partial charge on any atom is -0.496 e. The molecule has 0 amide bonds. The lowest BCUT2D eigenvalue weighted by Crippen LogP contribution is -2.30. The third-order valence-corrected chi connectivity index (χ3v) is 3.79. The first-order chi connectivity index (χ1) is 12.8. The fraction of sp³-hybridized carbons (Fsp3) is 0.250. The van der Waals surface area contributed by atoms with E-state index in [0.29, 0.717) is 10.5 Å². The second kappa shape index (κ2) is 9.53. The summed E-state index contributed by atoms with van der Waals surface area (Å²) >= 11 is 2.96. The summed E-state index contributed by atoms with van der Waals surface area (Å²) in [5.41, 5.74) is -2.04. The smallest absolute Gasteiger partial charge is 0.488 e. The van der Waals surface area contributed by atoms with Gasteiger partial charge >= 0.3 is 19.5 Å². The average Bonchev–Trinajstić information content (AvgIpc) is 2.60. The molecule has 0 aliphatic heterocycles. The van der Waals surface area contributed by atoms with Crippen LogP contribution in [0.2, 0.25) is 0 Å². The zero-order chi connectivity index (χ0) is 21.7. The van der Waals surface area contributed by atoms with Crippen molar-refractivity contribution in [2.75, 3.05) is 14.2 Å². The highest BCUT2D eigenvalue weighted by Gasteiger charge is 2.35. The summed E-state index contributed by atoms with van der Waals surface area (Å²) in [6.07, 6.45) is -8.97. The van der Waals surface area contributed by atoms with E-state index in [4.69, 9.17) is 10.0 Å². The van der Waals surface area contributed by atoms with Gasteiger partial charge in [-0.3, -0.25) is 0 Å². The van der Waals surface area contributed by atoms with Crippen molar-refractivity contribution in [1.29, 1.82) is 0 Å². The van der Waals surface area contributed by atoms with Crippen LogP contribution < -0.4 is 14.9 Å². The highest BCUT2D eigenvalue weighted by atomic mass is 79.9. The molecular weight excluding hydrogens is 461 g/mol. The van der Waals surface area contributed by atoms with Crippen molar-refractivity contribution in [3.8, 4) is 11.5 Å². The van der Waals surface area contributed by atoms with E-state index in [2.05, 4.69) is 25.4 Å². The molecule has 0 bridgehead atoms. The Morgan fingerprint density at radius 2 is 1.21 bits per heavy atom. The van der Waals surface area contributed by atoms with Crippen LogP contribution in [0.5, 0.6) is 11.5 Å².